The first kappa shape index (κ1) is 39.3. The first-order valence-electron chi connectivity index (χ1n) is 18.4. The summed E-state index contributed by atoms with van der Waals surface area (Å²) in [5.41, 5.74) is 0.889. The van der Waals surface area contributed by atoms with Gasteiger partial charge in [0.05, 0.1) is 56.5 Å². The lowest BCUT2D eigenvalue weighted by atomic mass is 9.49. The van der Waals surface area contributed by atoms with Crippen molar-refractivity contribution in [1.29, 1.82) is 0 Å². The Balaban J connectivity index is 1.31. The Bertz CT molecular complexity index is 2510. The van der Waals surface area contributed by atoms with Gasteiger partial charge in [0.1, 0.15) is 11.5 Å². The predicted octanol–water partition coefficient (Wildman–Crippen LogP) is 6.78. The number of anilines is 3. The molecular weight excluding hydrogens is 807 g/mol. The zero-order valence-corrected chi connectivity index (χ0v) is 33.0. The number of imide groups is 2. The van der Waals surface area contributed by atoms with Crippen LogP contribution in [0.4, 0.5) is 28.4 Å². The number of nitrogens with zero attached hydrogens (tertiary/aromatic N) is 5. The van der Waals surface area contributed by atoms with Gasteiger partial charge in [0.15, 0.2) is 5.69 Å². The highest BCUT2D eigenvalue weighted by atomic mass is 35.5. The number of carbonyl (C=O) groups excluding carboxylic acids is 4. The van der Waals surface area contributed by atoms with Gasteiger partial charge in [0.25, 0.3) is 11.8 Å². The molecule has 4 aromatic carbocycles. The zero-order valence-electron chi connectivity index (χ0n) is 31.5. The molecule has 0 unspecified atom stereocenters. The van der Waals surface area contributed by atoms with Gasteiger partial charge in [-0.15, -0.1) is 0 Å². The van der Waals surface area contributed by atoms with Gasteiger partial charge in [0, 0.05) is 37.2 Å². The van der Waals surface area contributed by atoms with Gasteiger partial charge in [-0.3, -0.25) is 44.8 Å². The Hall–Kier alpha value is -6.52. The summed E-state index contributed by atoms with van der Waals surface area (Å²) in [4.78, 5) is 84.3. The molecule has 2 saturated heterocycles. The molecule has 2 heterocycles. The topological polar surface area (TPSA) is 206 Å². The number of hydrogen-bond donors (Lipinski definition) is 2. The van der Waals surface area contributed by atoms with E-state index >= 15 is 4.79 Å². The lowest BCUT2D eigenvalue weighted by Crippen LogP contribution is -2.53. The number of phenols is 1. The molecule has 4 aromatic rings. The van der Waals surface area contributed by atoms with Gasteiger partial charge in [0.2, 0.25) is 11.8 Å². The molecule has 16 nitrogen and oxygen atoms in total. The third-order valence-corrected chi connectivity index (χ3v) is 12.5. The number of benzene rings is 4. The van der Waals surface area contributed by atoms with E-state index in [1.54, 1.807) is 42.5 Å². The van der Waals surface area contributed by atoms with Gasteiger partial charge < -0.3 is 14.7 Å². The second kappa shape index (κ2) is 14.4. The minimum Gasteiger partial charge on any atom is -0.508 e. The second-order valence-electron chi connectivity index (χ2n) is 15.1. The fourth-order valence-corrected chi connectivity index (χ4v) is 10.1. The largest absolute Gasteiger partial charge is 0.508 e. The number of nitro groups is 2. The third kappa shape index (κ3) is 5.96. The minimum absolute atomic E-state index is 0.000694. The predicted molar refractivity (Wildman–Crippen MR) is 215 cm³/mol. The number of hydrogen-bond acceptors (Lipinski definition) is 12. The smallest absolute Gasteiger partial charge is 0.301 e. The molecule has 302 valence electrons. The number of methoxy groups -OCH3 is 1. The van der Waals surface area contributed by atoms with Crippen molar-refractivity contribution >= 4 is 75.3 Å². The number of phenolic OH excluding ortho intramolecular Hbond substituents is 1. The molecule has 4 aliphatic rings. The summed E-state index contributed by atoms with van der Waals surface area (Å²) >= 11 is 12.7. The number of carbonyl (C=O) groups is 4. The van der Waals surface area contributed by atoms with Crippen LogP contribution < -0.4 is 20.0 Å². The number of halogens is 2. The number of aromatic hydroxyl groups is 1. The van der Waals surface area contributed by atoms with Crippen molar-refractivity contribution in [2.75, 3.05) is 36.4 Å². The SMILES string of the molecule is COc1ccc([C@@]23C(=O)N(Nc4ccc(Cl)cc4Cl)C(=O)[C@@H]2C[C@@H]2C(=CC[C@@H]4C(=O)N(c5cc([N+](=O)[O-])c(N(C)C)c([N+](=O)[O-])c5)C(=O)[C@@H]42)[C@@H]3c2cccc(O)c2)cc1. The average molecular weight is 842 g/mol. The highest BCUT2D eigenvalue weighted by Gasteiger charge is 2.70. The monoisotopic (exact) mass is 840 g/mol. The molecule has 4 amide bonds. The summed E-state index contributed by atoms with van der Waals surface area (Å²) in [5.74, 6) is -7.55. The number of rotatable bonds is 9. The van der Waals surface area contributed by atoms with Gasteiger partial charge >= 0.3 is 11.4 Å². The van der Waals surface area contributed by atoms with E-state index in [4.69, 9.17) is 27.9 Å². The summed E-state index contributed by atoms with van der Waals surface area (Å²) in [6.45, 7) is 0. The van der Waals surface area contributed by atoms with E-state index in [0.29, 0.717) is 27.5 Å². The summed E-state index contributed by atoms with van der Waals surface area (Å²) in [7, 11) is 4.29. The van der Waals surface area contributed by atoms with Crippen LogP contribution in [0.2, 0.25) is 10.0 Å². The van der Waals surface area contributed by atoms with E-state index < -0.39 is 79.9 Å². The number of ether oxygens (including phenoxy) is 1. The Morgan fingerprint density at radius 1 is 0.881 bits per heavy atom. The summed E-state index contributed by atoms with van der Waals surface area (Å²) in [6, 6.07) is 19.4. The van der Waals surface area contributed by atoms with Crippen molar-refractivity contribution < 1.29 is 38.9 Å². The maximum absolute atomic E-state index is 15.4. The number of hydrazine groups is 1. The van der Waals surface area contributed by atoms with Gasteiger partial charge in [-0.2, -0.15) is 5.01 Å². The Labute approximate surface area is 345 Å². The summed E-state index contributed by atoms with van der Waals surface area (Å²) in [5, 5.41) is 36.7. The molecule has 2 N–H and O–H groups in total. The standard InChI is InChI=1S/C41H34Cl2N6O10/c1-45(2)36-32(48(55)56)17-23(18-33(36)49(57)58)46-37(51)27-13-12-26-28(34(27)39(46)53)19-29-38(52)47(44-31-14-9-22(42)16-30(31)43)40(54)41(29,21-7-10-25(59-3)11-8-21)35(26)20-5-4-6-24(50)15-20/h4-12,14-18,27-29,34-35,44,50H,13,19H2,1-3H3/t27-,28+,29-,34-,35-,41+/m0/s1. The number of amides is 4. The van der Waals surface area contributed by atoms with E-state index in [-0.39, 0.29) is 40.7 Å². The number of nitrogens with one attached hydrogen (secondary N) is 1. The molecule has 18 heteroatoms. The highest BCUT2D eigenvalue weighted by Crippen LogP contribution is 2.64. The highest BCUT2D eigenvalue weighted by molar-refractivity contribution is 6.36. The molecule has 0 spiro atoms. The van der Waals surface area contributed by atoms with E-state index in [1.807, 2.05) is 0 Å². The van der Waals surface area contributed by atoms with Crippen LogP contribution >= 0.6 is 23.2 Å². The maximum Gasteiger partial charge on any atom is 0.301 e. The first-order chi connectivity index (χ1) is 28.1. The van der Waals surface area contributed by atoms with Crippen molar-refractivity contribution in [2.45, 2.75) is 24.2 Å². The fourth-order valence-electron chi connectivity index (χ4n) is 9.63. The van der Waals surface area contributed by atoms with Crippen LogP contribution in [0, 0.1) is 43.9 Å². The normalized spacial score (nSPS) is 24.6. The van der Waals surface area contributed by atoms with Crippen molar-refractivity contribution in [3.63, 3.8) is 0 Å². The van der Waals surface area contributed by atoms with Crippen LogP contribution in [-0.4, -0.2) is 64.8 Å². The molecule has 1 saturated carbocycles. The Morgan fingerprint density at radius 2 is 1.56 bits per heavy atom. The first-order valence-corrected chi connectivity index (χ1v) is 19.1. The van der Waals surface area contributed by atoms with Gasteiger partial charge in [-0.1, -0.05) is 59.1 Å². The Morgan fingerprint density at radius 3 is 2.15 bits per heavy atom. The molecule has 0 aromatic heterocycles. The third-order valence-electron chi connectivity index (χ3n) is 11.9. The lowest BCUT2D eigenvalue weighted by molar-refractivity contribution is -0.392. The molecule has 8 rings (SSSR count). The van der Waals surface area contributed by atoms with Crippen LogP contribution in [0.5, 0.6) is 11.5 Å². The number of nitro benzene ring substituents is 2. The van der Waals surface area contributed by atoms with Gasteiger partial charge in [-0.25, -0.2) is 4.90 Å². The van der Waals surface area contributed by atoms with E-state index in [1.165, 1.54) is 56.4 Å². The fraction of sp³-hybridized carbons (Fsp3) is 0.268. The Kier molecular flexibility index (Phi) is 9.59. The van der Waals surface area contributed by atoms with Crippen LogP contribution in [0.25, 0.3) is 0 Å². The van der Waals surface area contributed by atoms with Crippen molar-refractivity contribution in [2.24, 2.45) is 23.7 Å². The molecule has 6 atom stereocenters. The average Bonchev–Trinajstić information content (AvgIpc) is 3.58. The van der Waals surface area contributed by atoms with E-state index in [2.05, 4.69) is 5.43 Å². The zero-order chi connectivity index (χ0) is 42.2. The van der Waals surface area contributed by atoms with Crippen molar-refractivity contribution in [3.05, 3.63) is 132 Å². The number of allylic oxidation sites excluding steroid dienone is 2. The van der Waals surface area contributed by atoms with Gasteiger partial charge in [-0.05, 0) is 72.4 Å². The van der Waals surface area contributed by atoms with Crippen molar-refractivity contribution in [1.82, 2.24) is 5.01 Å². The quantitative estimate of drug-likeness (QED) is 0.0775. The maximum atomic E-state index is 15.4. The molecule has 0 bridgehead atoms. The molecule has 0 radical (unpaired) electrons. The van der Waals surface area contributed by atoms with E-state index in [0.717, 1.165) is 22.0 Å². The minimum atomic E-state index is -1.69. The van der Waals surface area contributed by atoms with Crippen LogP contribution in [0.1, 0.15) is 29.9 Å². The molecule has 2 aliphatic carbocycles. The summed E-state index contributed by atoms with van der Waals surface area (Å²) in [6.07, 6.45) is 1.69. The molecule has 2 aliphatic heterocycles. The van der Waals surface area contributed by atoms with Crippen LogP contribution in [-0.2, 0) is 24.6 Å². The molecule has 3 fully saturated rings. The molecule has 59 heavy (non-hydrogen) atoms. The van der Waals surface area contributed by atoms with Crippen LogP contribution in [0.3, 0.4) is 0 Å². The number of fused-ring (bicyclic) bond motifs is 4. The second-order valence-corrected chi connectivity index (χ2v) is 15.9. The van der Waals surface area contributed by atoms with Crippen molar-refractivity contribution in [3.8, 4) is 11.5 Å². The van der Waals surface area contributed by atoms with E-state index in [9.17, 15) is 39.7 Å². The molecular formula is C41H34Cl2N6O10. The summed E-state index contributed by atoms with van der Waals surface area (Å²) < 4.78 is 5.43. The lowest BCUT2D eigenvalue weighted by Gasteiger charge is -2.50. The van der Waals surface area contributed by atoms with Crippen LogP contribution in [0.15, 0.2) is 90.5 Å².